The summed E-state index contributed by atoms with van der Waals surface area (Å²) in [7, 11) is 0. The number of amides is 1. The summed E-state index contributed by atoms with van der Waals surface area (Å²) in [4.78, 5) is 20.7. The molecule has 0 aromatic carbocycles. The van der Waals surface area contributed by atoms with Gasteiger partial charge in [0.2, 0.25) is 6.41 Å². The van der Waals surface area contributed by atoms with Gasteiger partial charge in [0.15, 0.2) is 0 Å². The maximum Gasteiger partial charge on any atom is 0.329 e. The Kier molecular flexibility index (Phi) is 3.04. The van der Waals surface area contributed by atoms with Crippen LogP contribution in [0.3, 0.4) is 0 Å². The monoisotopic (exact) mass is 159 g/mol. The van der Waals surface area contributed by atoms with Crippen LogP contribution in [-0.2, 0) is 9.59 Å². The molecule has 1 unspecified atom stereocenters. The van der Waals surface area contributed by atoms with Crippen LogP contribution in [0.5, 0.6) is 0 Å². The van der Waals surface area contributed by atoms with Crippen molar-refractivity contribution in [3.8, 4) is 0 Å². The van der Waals surface area contributed by atoms with Crippen LogP contribution in [0.2, 0.25) is 0 Å². The van der Waals surface area contributed by atoms with Crippen molar-refractivity contribution in [3.63, 3.8) is 0 Å². The van der Waals surface area contributed by atoms with Crippen LogP contribution in [0.15, 0.2) is 0 Å². The lowest BCUT2D eigenvalue weighted by atomic mass is 9.89. The van der Waals surface area contributed by atoms with Crippen molar-refractivity contribution in [1.29, 1.82) is 0 Å². The predicted molar refractivity (Wildman–Crippen MR) is 40.1 cm³/mol. The van der Waals surface area contributed by atoms with E-state index in [4.69, 9.17) is 5.11 Å². The third-order valence-electron chi connectivity index (χ3n) is 1.96. The van der Waals surface area contributed by atoms with Gasteiger partial charge in [0, 0.05) is 0 Å². The Morgan fingerprint density at radius 1 is 1.64 bits per heavy atom. The standard InChI is InChI=1S/C7H13NO3/c1-5(2)7(3,6(10)11)8-4-9/h4-5H,1-3H3,(H,8,9)(H,10,11). The van der Waals surface area contributed by atoms with Crippen LogP contribution in [-0.4, -0.2) is 23.0 Å². The second-order valence-corrected chi connectivity index (χ2v) is 2.92. The molecule has 1 amide bonds. The molecule has 0 bridgehead atoms. The van der Waals surface area contributed by atoms with Gasteiger partial charge >= 0.3 is 5.97 Å². The fraction of sp³-hybridized carbons (Fsp3) is 0.714. The Morgan fingerprint density at radius 2 is 2.09 bits per heavy atom. The quantitative estimate of drug-likeness (QED) is 0.577. The van der Waals surface area contributed by atoms with Gasteiger partial charge in [-0.05, 0) is 12.8 Å². The first-order valence-electron chi connectivity index (χ1n) is 3.40. The molecule has 4 nitrogen and oxygen atoms in total. The average Bonchev–Trinajstić information content (AvgIpc) is 1.87. The molecule has 0 radical (unpaired) electrons. The molecular formula is C7H13NO3. The third kappa shape index (κ3) is 1.93. The largest absolute Gasteiger partial charge is 0.480 e. The molecule has 1 atom stereocenters. The number of carbonyl (C=O) groups excluding carboxylic acids is 1. The fourth-order valence-corrected chi connectivity index (χ4v) is 0.598. The zero-order chi connectivity index (χ0) is 9.07. The summed E-state index contributed by atoms with van der Waals surface area (Å²) in [5.74, 6) is -1.15. The minimum absolute atomic E-state index is 0.134. The smallest absolute Gasteiger partial charge is 0.329 e. The topological polar surface area (TPSA) is 66.4 Å². The molecule has 0 aliphatic rings. The van der Waals surface area contributed by atoms with Crippen molar-refractivity contribution in [1.82, 2.24) is 5.32 Å². The van der Waals surface area contributed by atoms with Crippen molar-refractivity contribution in [3.05, 3.63) is 0 Å². The number of rotatable bonds is 4. The summed E-state index contributed by atoms with van der Waals surface area (Å²) >= 11 is 0. The summed E-state index contributed by atoms with van der Waals surface area (Å²) < 4.78 is 0. The number of carbonyl (C=O) groups is 2. The maximum atomic E-state index is 10.6. The van der Waals surface area contributed by atoms with E-state index in [9.17, 15) is 9.59 Å². The van der Waals surface area contributed by atoms with Gasteiger partial charge in [-0.1, -0.05) is 13.8 Å². The molecule has 0 aliphatic heterocycles. The van der Waals surface area contributed by atoms with Gasteiger partial charge < -0.3 is 10.4 Å². The molecule has 11 heavy (non-hydrogen) atoms. The number of nitrogens with one attached hydrogen (secondary N) is 1. The van der Waals surface area contributed by atoms with E-state index in [1.165, 1.54) is 6.92 Å². The molecule has 0 saturated heterocycles. The van der Waals surface area contributed by atoms with E-state index in [1.807, 2.05) is 0 Å². The Balaban J connectivity index is 4.51. The Bertz CT molecular complexity index is 167. The third-order valence-corrected chi connectivity index (χ3v) is 1.96. The average molecular weight is 159 g/mol. The Hall–Kier alpha value is -1.06. The number of carboxylic acid groups (broad SMARTS) is 1. The second-order valence-electron chi connectivity index (χ2n) is 2.92. The Morgan fingerprint density at radius 3 is 2.18 bits per heavy atom. The van der Waals surface area contributed by atoms with Crippen molar-refractivity contribution < 1.29 is 14.7 Å². The summed E-state index contributed by atoms with van der Waals surface area (Å²) in [5, 5.41) is 11.0. The van der Waals surface area contributed by atoms with Crippen LogP contribution in [0.25, 0.3) is 0 Å². The summed E-state index contributed by atoms with van der Waals surface area (Å²) in [6, 6.07) is 0. The molecule has 64 valence electrons. The van der Waals surface area contributed by atoms with Gasteiger partial charge in [-0.25, -0.2) is 4.79 Å². The van der Waals surface area contributed by atoms with E-state index in [0.29, 0.717) is 6.41 Å². The first kappa shape index (κ1) is 9.94. The van der Waals surface area contributed by atoms with Crippen molar-refractivity contribution in [2.24, 2.45) is 5.92 Å². The minimum Gasteiger partial charge on any atom is -0.480 e. The molecule has 2 N–H and O–H groups in total. The lowest BCUT2D eigenvalue weighted by Gasteiger charge is -2.27. The molecule has 0 fully saturated rings. The first-order valence-corrected chi connectivity index (χ1v) is 3.40. The van der Waals surface area contributed by atoms with Gasteiger partial charge in [0.25, 0.3) is 0 Å². The van der Waals surface area contributed by atoms with Crippen LogP contribution in [0.1, 0.15) is 20.8 Å². The maximum absolute atomic E-state index is 10.6. The molecule has 0 rings (SSSR count). The number of hydrogen-bond acceptors (Lipinski definition) is 2. The van der Waals surface area contributed by atoms with E-state index in [-0.39, 0.29) is 5.92 Å². The van der Waals surface area contributed by atoms with Crippen LogP contribution >= 0.6 is 0 Å². The Labute approximate surface area is 65.6 Å². The molecule has 0 aromatic heterocycles. The van der Waals surface area contributed by atoms with Crippen molar-refractivity contribution in [2.75, 3.05) is 0 Å². The minimum atomic E-state index is -1.15. The number of hydrogen-bond donors (Lipinski definition) is 2. The molecule has 0 spiro atoms. The van der Waals surface area contributed by atoms with Gasteiger partial charge in [-0.2, -0.15) is 0 Å². The summed E-state index contributed by atoms with van der Waals surface area (Å²) in [6.07, 6.45) is 0.411. The van der Waals surface area contributed by atoms with Gasteiger partial charge in [-0.15, -0.1) is 0 Å². The molecule has 0 aliphatic carbocycles. The van der Waals surface area contributed by atoms with E-state index in [2.05, 4.69) is 5.32 Å². The lowest BCUT2D eigenvalue weighted by Crippen LogP contribution is -2.52. The second kappa shape index (κ2) is 3.37. The van der Waals surface area contributed by atoms with Crippen LogP contribution in [0.4, 0.5) is 0 Å². The van der Waals surface area contributed by atoms with Crippen LogP contribution in [0, 0.1) is 5.92 Å². The summed E-state index contributed by atoms with van der Waals surface area (Å²) in [5.41, 5.74) is -1.15. The molecule has 0 heterocycles. The fourth-order valence-electron chi connectivity index (χ4n) is 0.598. The van der Waals surface area contributed by atoms with E-state index < -0.39 is 11.5 Å². The molecule has 0 aromatic rings. The van der Waals surface area contributed by atoms with Crippen molar-refractivity contribution in [2.45, 2.75) is 26.3 Å². The predicted octanol–water partition coefficient (Wildman–Crippen LogP) is 0.232. The highest BCUT2D eigenvalue weighted by molar-refractivity contribution is 5.81. The van der Waals surface area contributed by atoms with Crippen molar-refractivity contribution >= 4 is 12.4 Å². The lowest BCUT2D eigenvalue weighted by molar-refractivity contribution is -0.147. The molecular weight excluding hydrogens is 146 g/mol. The highest BCUT2D eigenvalue weighted by Crippen LogP contribution is 2.15. The number of carboxylic acids is 1. The van der Waals surface area contributed by atoms with Crippen LogP contribution < -0.4 is 5.32 Å². The zero-order valence-electron chi connectivity index (χ0n) is 6.92. The highest BCUT2D eigenvalue weighted by atomic mass is 16.4. The zero-order valence-corrected chi connectivity index (χ0v) is 6.92. The van der Waals surface area contributed by atoms with Gasteiger partial charge in [-0.3, -0.25) is 4.79 Å². The summed E-state index contributed by atoms with van der Waals surface area (Å²) in [6.45, 7) is 4.96. The van der Waals surface area contributed by atoms with E-state index in [1.54, 1.807) is 13.8 Å². The highest BCUT2D eigenvalue weighted by Gasteiger charge is 2.35. The first-order chi connectivity index (χ1) is 4.95. The molecule has 0 saturated carbocycles. The van der Waals surface area contributed by atoms with E-state index >= 15 is 0 Å². The van der Waals surface area contributed by atoms with Gasteiger partial charge in [0.05, 0.1) is 0 Å². The number of aliphatic carboxylic acids is 1. The van der Waals surface area contributed by atoms with Gasteiger partial charge in [0.1, 0.15) is 5.54 Å². The van der Waals surface area contributed by atoms with E-state index in [0.717, 1.165) is 0 Å². The SMILES string of the molecule is CC(C)C(C)(NC=O)C(=O)O. The molecule has 4 heteroatoms. The normalized spacial score (nSPS) is 15.6.